The van der Waals surface area contributed by atoms with E-state index in [-0.39, 0.29) is 12.1 Å². The summed E-state index contributed by atoms with van der Waals surface area (Å²) in [5.74, 6) is -1.53. The molecule has 2 aromatic carbocycles. The average Bonchev–Trinajstić information content (AvgIpc) is 2.74. The van der Waals surface area contributed by atoms with Crippen LogP contribution in [0.4, 0.5) is 13.2 Å². The Hall–Kier alpha value is -2.93. The van der Waals surface area contributed by atoms with Crippen LogP contribution in [0.15, 0.2) is 60.7 Å². The number of carbonyl (C=O) groups is 1. The molecule has 7 heteroatoms. The second kappa shape index (κ2) is 8.07. The van der Waals surface area contributed by atoms with Crippen LogP contribution in [0.25, 0.3) is 10.9 Å². The summed E-state index contributed by atoms with van der Waals surface area (Å²) in [5, 5.41) is 10.4. The Morgan fingerprint density at radius 2 is 1.80 bits per heavy atom. The molecule has 2 heterocycles. The minimum absolute atomic E-state index is 0.0961. The maximum atomic E-state index is 13.8. The third-order valence-electron chi connectivity index (χ3n) is 5.63. The van der Waals surface area contributed by atoms with E-state index in [1.165, 1.54) is 12.1 Å². The summed E-state index contributed by atoms with van der Waals surface area (Å²) in [7, 11) is 0. The molecule has 2 atom stereocenters. The number of aliphatic carboxylic acids is 1. The SMILES string of the molecule is O=C(O)C1CCCN(C(c2ccc3ccccc3n2)c2ccccc2C(F)(F)F)C1. The van der Waals surface area contributed by atoms with E-state index in [1.54, 1.807) is 12.1 Å². The highest BCUT2D eigenvalue weighted by atomic mass is 19.4. The number of alkyl halides is 3. The van der Waals surface area contributed by atoms with Crippen LogP contribution in [0.1, 0.15) is 35.7 Å². The second-order valence-electron chi connectivity index (χ2n) is 7.59. The highest BCUT2D eigenvalue weighted by Crippen LogP contribution is 2.40. The highest BCUT2D eigenvalue weighted by molar-refractivity contribution is 5.78. The minimum atomic E-state index is -4.52. The van der Waals surface area contributed by atoms with Crippen LogP contribution in [-0.4, -0.2) is 34.0 Å². The fraction of sp³-hybridized carbons (Fsp3) is 0.304. The molecule has 0 bridgehead atoms. The molecule has 0 amide bonds. The van der Waals surface area contributed by atoms with Crippen LogP contribution >= 0.6 is 0 Å². The third-order valence-corrected chi connectivity index (χ3v) is 5.63. The summed E-state index contributed by atoms with van der Waals surface area (Å²) < 4.78 is 41.4. The van der Waals surface area contributed by atoms with Gasteiger partial charge in [0, 0.05) is 11.9 Å². The molecule has 1 saturated heterocycles. The molecule has 1 fully saturated rings. The van der Waals surface area contributed by atoms with Gasteiger partial charge in [0.25, 0.3) is 0 Å². The third kappa shape index (κ3) is 4.03. The van der Waals surface area contributed by atoms with Gasteiger partial charge in [-0.05, 0) is 43.1 Å². The number of hydrogen-bond donors (Lipinski definition) is 1. The van der Waals surface area contributed by atoms with E-state index in [9.17, 15) is 23.1 Å². The van der Waals surface area contributed by atoms with Crippen LogP contribution in [0.3, 0.4) is 0 Å². The first-order valence-electron chi connectivity index (χ1n) is 9.83. The molecule has 1 aliphatic heterocycles. The molecule has 0 aliphatic carbocycles. The molecule has 0 saturated carbocycles. The highest BCUT2D eigenvalue weighted by Gasteiger charge is 2.39. The topological polar surface area (TPSA) is 53.4 Å². The monoisotopic (exact) mass is 414 g/mol. The van der Waals surface area contributed by atoms with Gasteiger partial charge in [0.1, 0.15) is 0 Å². The first kappa shape index (κ1) is 20.3. The molecule has 1 aromatic heterocycles. The first-order chi connectivity index (χ1) is 14.3. The molecule has 1 aliphatic rings. The predicted octanol–water partition coefficient (Wildman–Crippen LogP) is 5.14. The van der Waals surface area contributed by atoms with Gasteiger partial charge < -0.3 is 5.11 Å². The minimum Gasteiger partial charge on any atom is -0.481 e. The lowest BCUT2D eigenvalue weighted by Gasteiger charge is -2.38. The van der Waals surface area contributed by atoms with E-state index in [2.05, 4.69) is 4.98 Å². The normalized spacial score (nSPS) is 19.0. The molecule has 0 spiro atoms. The van der Waals surface area contributed by atoms with Crippen molar-refractivity contribution in [3.05, 3.63) is 77.5 Å². The molecule has 4 rings (SSSR count). The smallest absolute Gasteiger partial charge is 0.416 e. The number of fused-ring (bicyclic) bond motifs is 1. The standard InChI is InChI=1S/C23H21F3N2O2/c24-23(25,26)18-9-3-2-8-17(18)21(28-13-5-7-16(14-28)22(29)30)20-12-11-15-6-1-4-10-19(15)27-20/h1-4,6,8-12,16,21H,5,7,13-14H2,(H,29,30). The summed E-state index contributed by atoms with van der Waals surface area (Å²) in [5.41, 5.74) is 0.550. The van der Waals surface area contributed by atoms with E-state index in [0.29, 0.717) is 30.6 Å². The molecule has 3 aromatic rings. The molecular formula is C23H21F3N2O2. The average molecular weight is 414 g/mol. The number of halogens is 3. The number of hydrogen-bond acceptors (Lipinski definition) is 3. The Morgan fingerprint density at radius 1 is 1.07 bits per heavy atom. The number of benzene rings is 2. The zero-order valence-electron chi connectivity index (χ0n) is 16.1. The molecule has 2 unspecified atom stereocenters. The van der Waals surface area contributed by atoms with Crippen molar-refractivity contribution >= 4 is 16.9 Å². The summed E-state index contributed by atoms with van der Waals surface area (Å²) in [6, 6.07) is 15.7. The van der Waals surface area contributed by atoms with E-state index in [4.69, 9.17) is 0 Å². The van der Waals surface area contributed by atoms with E-state index in [1.807, 2.05) is 35.2 Å². The van der Waals surface area contributed by atoms with Gasteiger partial charge in [0.15, 0.2) is 0 Å². The largest absolute Gasteiger partial charge is 0.481 e. The molecular weight excluding hydrogens is 393 g/mol. The summed E-state index contributed by atoms with van der Waals surface area (Å²) >= 11 is 0. The van der Waals surface area contributed by atoms with Gasteiger partial charge in [-0.2, -0.15) is 13.2 Å². The van der Waals surface area contributed by atoms with Gasteiger partial charge >= 0.3 is 12.1 Å². The fourth-order valence-corrected chi connectivity index (χ4v) is 4.21. The number of rotatable bonds is 4. The molecule has 156 valence electrons. The van der Waals surface area contributed by atoms with Gasteiger partial charge in [-0.1, -0.05) is 42.5 Å². The van der Waals surface area contributed by atoms with Gasteiger partial charge in [-0.15, -0.1) is 0 Å². The second-order valence-corrected chi connectivity index (χ2v) is 7.59. The van der Waals surface area contributed by atoms with Crippen molar-refractivity contribution in [3.8, 4) is 0 Å². The number of aromatic nitrogens is 1. The quantitative estimate of drug-likeness (QED) is 0.642. The van der Waals surface area contributed by atoms with Gasteiger partial charge in [0.2, 0.25) is 0 Å². The van der Waals surface area contributed by atoms with Crippen LogP contribution in [-0.2, 0) is 11.0 Å². The van der Waals surface area contributed by atoms with Crippen molar-refractivity contribution in [2.75, 3.05) is 13.1 Å². The van der Waals surface area contributed by atoms with Crippen molar-refractivity contribution in [2.45, 2.75) is 25.1 Å². The summed E-state index contributed by atoms with van der Waals surface area (Å²) in [6.45, 7) is 0.690. The molecule has 30 heavy (non-hydrogen) atoms. The van der Waals surface area contributed by atoms with E-state index in [0.717, 1.165) is 11.5 Å². The predicted molar refractivity (Wildman–Crippen MR) is 107 cm³/mol. The van der Waals surface area contributed by atoms with Gasteiger partial charge in [-0.3, -0.25) is 14.7 Å². The van der Waals surface area contributed by atoms with Crippen molar-refractivity contribution in [1.82, 2.24) is 9.88 Å². The lowest BCUT2D eigenvalue weighted by atomic mass is 9.91. The zero-order chi connectivity index (χ0) is 21.3. The molecule has 1 N–H and O–H groups in total. The number of piperidine rings is 1. The van der Waals surface area contributed by atoms with Crippen molar-refractivity contribution < 1.29 is 23.1 Å². The van der Waals surface area contributed by atoms with Crippen LogP contribution in [0, 0.1) is 5.92 Å². The zero-order valence-corrected chi connectivity index (χ0v) is 16.1. The van der Waals surface area contributed by atoms with E-state index >= 15 is 0 Å². The maximum Gasteiger partial charge on any atom is 0.416 e. The van der Waals surface area contributed by atoms with Gasteiger partial charge in [0.05, 0.1) is 28.7 Å². The fourth-order valence-electron chi connectivity index (χ4n) is 4.21. The number of nitrogens with zero attached hydrogens (tertiary/aromatic N) is 2. The number of likely N-dealkylation sites (tertiary alicyclic amines) is 1. The number of pyridine rings is 1. The van der Waals surface area contributed by atoms with Crippen LogP contribution < -0.4 is 0 Å². The Balaban J connectivity index is 1.86. The number of carboxylic acids is 1. The first-order valence-corrected chi connectivity index (χ1v) is 9.83. The number of para-hydroxylation sites is 1. The summed E-state index contributed by atoms with van der Waals surface area (Å²) in [6.07, 6.45) is -3.40. The van der Waals surface area contributed by atoms with Crippen LogP contribution in [0.2, 0.25) is 0 Å². The lowest BCUT2D eigenvalue weighted by molar-refractivity contribution is -0.144. The van der Waals surface area contributed by atoms with Crippen molar-refractivity contribution in [1.29, 1.82) is 0 Å². The lowest BCUT2D eigenvalue weighted by Crippen LogP contribution is -2.42. The Morgan fingerprint density at radius 3 is 2.57 bits per heavy atom. The number of carboxylic acid groups (broad SMARTS) is 1. The maximum absolute atomic E-state index is 13.8. The van der Waals surface area contributed by atoms with Crippen molar-refractivity contribution in [3.63, 3.8) is 0 Å². The van der Waals surface area contributed by atoms with Gasteiger partial charge in [-0.25, -0.2) is 0 Å². The van der Waals surface area contributed by atoms with E-state index < -0.39 is 29.7 Å². The Bertz CT molecular complexity index is 1070. The Kier molecular flexibility index (Phi) is 5.47. The van der Waals surface area contributed by atoms with Crippen molar-refractivity contribution in [2.24, 2.45) is 5.92 Å². The Labute approximate surface area is 172 Å². The molecule has 0 radical (unpaired) electrons. The molecule has 4 nitrogen and oxygen atoms in total. The summed E-state index contributed by atoms with van der Waals surface area (Å²) in [4.78, 5) is 18.1. The van der Waals surface area contributed by atoms with Crippen LogP contribution in [0.5, 0.6) is 0 Å².